The lowest BCUT2D eigenvalue weighted by Crippen LogP contribution is -2.44. The van der Waals surface area contributed by atoms with Gasteiger partial charge >= 0.3 is 0 Å². The van der Waals surface area contributed by atoms with E-state index in [2.05, 4.69) is 32.7 Å². The fraction of sp³-hybridized carbons (Fsp3) is 0.300. The Morgan fingerprint density at radius 3 is 2.81 bits per heavy atom. The molecule has 1 unspecified atom stereocenters. The molecule has 0 saturated carbocycles. The van der Waals surface area contributed by atoms with Crippen LogP contribution in [0.3, 0.4) is 0 Å². The highest BCUT2D eigenvalue weighted by Crippen LogP contribution is 2.23. The SMILES string of the molecule is CN=C(NCc1ccc(C#N)cc1)NC1CCN(c2cccc(Cl)c2)C1. The summed E-state index contributed by atoms with van der Waals surface area (Å²) in [6.45, 7) is 2.57. The molecule has 1 fully saturated rings. The first kappa shape index (κ1) is 18.1. The third kappa shape index (κ3) is 4.68. The van der Waals surface area contributed by atoms with Crippen molar-refractivity contribution in [3.63, 3.8) is 0 Å². The average Bonchev–Trinajstić information content (AvgIpc) is 3.14. The first-order valence-electron chi connectivity index (χ1n) is 8.64. The maximum Gasteiger partial charge on any atom is 0.191 e. The predicted octanol–water partition coefficient (Wildman–Crippen LogP) is 3.16. The Morgan fingerprint density at radius 2 is 2.12 bits per heavy atom. The second-order valence-corrected chi connectivity index (χ2v) is 6.73. The topological polar surface area (TPSA) is 63.5 Å². The molecule has 134 valence electrons. The van der Waals surface area contributed by atoms with Gasteiger partial charge in [0, 0.05) is 43.4 Å². The second kappa shape index (κ2) is 8.59. The van der Waals surface area contributed by atoms with Gasteiger partial charge in [-0.2, -0.15) is 5.26 Å². The first-order chi connectivity index (χ1) is 12.7. The number of guanidine groups is 1. The molecule has 2 aromatic rings. The van der Waals surface area contributed by atoms with Crippen molar-refractivity contribution in [3.8, 4) is 6.07 Å². The van der Waals surface area contributed by atoms with E-state index in [0.29, 0.717) is 18.2 Å². The summed E-state index contributed by atoms with van der Waals surface area (Å²) in [6, 6.07) is 18.0. The summed E-state index contributed by atoms with van der Waals surface area (Å²) < 4.78 is 0. The molecule has 0 aromatic heterocycles. The highest BCUT2D eigenvalue weighted by atomic mass is 35.5. The molecule has 2 N–H and O–H groups in total. The highest BCUT2D eigenvalue weighted by Gasteiger charge is 2.23. The van der Waals surface area contributed by atoms with E-state index >= 15 is 0 Å². The summed E-state index contributed by atoms with van der Waals surface area (Å²) in [6.07, 6.45) is 1.05. The third-order valence-electron chi connectivity index (χ3n) is 4.47. The Labute approximate surface area is 159 Å². The molecule has 1 heterocycles. The number of nitrogens with zero attached hydrogens (tertiary/aromatic N) is 3. The number of benzene rings is 2. The zero-order chi connectivity index (χ0) is 18.4. The van der Waals surface area contributed by atoms with Crippen LogP contribution in [0.5, 0.6) is 0 Å². The molecule has 0 spiro atoms. The molecule has 1 aliphatic rings. The summed E-state index contributed by atoms with van der Waals surface area (Å²) in [5.74, 6) is 0.785. The van der Waals surface area contributed by atoms with Crippen LogP contribution < -0.4 is 15.5 Å². The number of rotatable bonds is 4. The Kier molecular flexibility index (Phi) is 5.98. The van der Waals surface area contributed by atoms with Crippen LogP contribution in [0.4, 0.5) is 5.69 Å². The lowest BCUT2D eigenvalue weighted by atomic mass is 10.1. The van der Waals surface area contributed by atoms with Crippen molar-refractivity contribution < 1.29 is 0 Å². The smallest absolute Gasteiger partial charge is 0.191 e. The summed E-state index contributed by atoms with van der Waals surface area (Å²) in [5, 5.41) is 16.4. The summed E-state index contributed by atoms with van der Waals surface area (Å²) >= 11 is 6.10. The normalized spacial score (nSPS) is 17.0. The molecule has 1 atom stereocenters. The van der Waals surface area contributed by atoms with E-state index in [1.165, 1.54) is 0 Å². The van der Waals surface area contributed by atoms with Crippen molar-refractivity contribution >= 4 is 23.2 Å². The first-order valence-corrected chi connectivity index (χ1v) is 9.02. The van der Waals surface area contributed by atoms with Gasteiger partial charge in [-0.15, -0.1) is 0 Å². The van der Waals surface area contributed by atoms with Gasteiger partial charge in [0.15, 0.2) is 5.96 Å². The molecule has 5 nitrogen and oxygen atoms in total. The van der Waals surface area contributed by atoms with Gasteiger partial charge in [0.05, 0.1) is 11.6 Å². The lowest BCUT2D eigenvalue weighted by molar-refractivity contribution is 0.648. The van der Waals surface area contributed by atoms with Crippen LogP contribution in [0.25, 0.3) is 0 Å². The van der Waals surface area contributed by atoms with E-state index in [1.807, 2.05) is 42.5 Å². The Balaban J connectivity index is 1.51. The number of hydrogen-bond donors (Lipinski definition) is 2. The van der Waals surface area contributed by atoms with Gasteiger partial charge in [-0.3, -0.25) is 4.99 Å². The van der Waals surface area contributed by atoms with Crippen molar-refractivity contribution in [1.29, 1.82) is 5.26 Å². The zero-order valence-electron chi connectivity index (χ0n) is 14.7. The maximum absolute atomic E-state index is 8.86. The van der Waals surface area contributed by atoms with E-state index in [4.69, 9.17) is 16.9 Å². The average molecular weight is 368 g/mol. The van der Waals surface area contributed by atoms with Crippen molar-refractivity contribution in [2.45, 2.75) is 19.0 Å². The second-order valence-electron chi connectivity index (χ2n) is 6.29. The number of anilines is 1. The minimum absolute atomic E-state index is 0.334. The van der Waals surface area contributed by atoms with Gasteiger partial charge in [-0.25, -0.2) is 0 Å². The third-order valence-corrected chi connectivity index (χ3v) is 4.70. The number of nitrogens with one attached hydrogen (secondary N) is 2. The Bertz CT molecular complexity index is 810. The minimum atomic E-state index is 0.334. The van der Waals surface area contributed by atoms with Crippen LogP contribution in [-0.2, 0) is 6.54 Å². The van der Waals surface area contributed by atoms with Crippen LogP contribution in [0.1, 0.15) is 17.5 Å². The van der Waals surface area contributed by atoms with E-state index < -0.39 is 0 Å². The number of halogens is 1. The largest absolute Gasteiger partial charge is 0.369 e. The van der Waals surface area contributed by atoms with Gasteiger partial charge in [-0.1, -0.05) is 29.8 Å². The summed E-state index contributed by atoms with van der Waals surface area (Å²) in [4.78, 5) is 6.65. The lowest BCUT2D eigenvalue weighted by Gasteiger charge is -2.20. The predicted molar refractivity (Wildman–Crippen MR) is 107 cm³/mol. The summed E-state index contributed by atoms with van der Waals surface area (Å²) in [7, 11) is 1.78. The van der Waals surface area contributed by atoms with Gasteiger partial charge in [-0.05, 0) is 42.3 Å². The van der Waals surface area contributed by atoms with Gasteiger partial charge in [0.25, 0.3) is 0 Å². The molecule has 0 aliphatic carbocycles. The minimum Gasteiger partial charge on any atom is -0.369 e. The molecule has 1 aliphatic heterocycles. The molecule has 1 saturated heterocycles. The molecule has 3 rings (SSSR count). The van der Waals surface area contributed by atoms with Crippen LogP contribution >= 0.6 is 11.6 Å². The van der Waals surface area contributed by atoms with Crippen molar-refractivity contribution in [2.75, 3.05) is 25.0 Å². The summed E-state index contributed by atoms with van der Waals surface area (Å²) in [5.41, 5.74) is 2.93. The van der Waals surface area contributed by atoms with Crippen LogP contribution in [0.15, 0.2) is 53.5 Å². The number of aliphatic imine (C=N–C) groups is 1. The van der Waals surface area contributed by atoms with Crippen LogP contribution in [0, 0.1) is 11.3 Å². The van der Waals surface area contributed by atoms with Crippen molar-refractivity contribution in [2.24, 2.45) is 4.99 Å². The maximum atomic E-state index is 8.86. The zero-order valence-corrected chi connectivity index (χ0v) is 15.5. The van der Waals surface area contributed by atoms with Crippen molar-refractivity contribution in [1.82, 2.24) is 10.6 Å². The molecule has 0 radical (unpaired) electrons. The molecule has 0 amide bonds. The fourth-order valence-corrected chi connectivity index (χ4v) is 3.24. The molecular weight excluding hydrogens is 346 g/mol. The Morgan fingerprint density at radius 1 is 1.31 bits per heavy atom. The fourth-order valence-electron chi connectivity index (χ4n) is 3.06. The standard InChI is InChI=1S/C20H22ClN5/c1-23-20(24-13-16-7-5-15(12-22)6-8-16)25-18-9-10-26(14-18)19-4-2-3-17(21)11-19/h2-8,11,18H,9-10,13-14H2,1H3,(H2,23,24,25). The van der Waals surface area contributed by atoms with Crippen LogP contribution in [0.2, 0.25) is 5.02 Å². The molecule has 6 heteroatoms. The van der Waals surface area contributed by atoms with E-state index in [0.717, 1.165) is 41.7 Å². The quantitative estimate of drug-likeness (QED) is 0.643. The van der Waals surface area contributed by atoms with E-state index in [1.54, 1.807) is 7.05 Å². The van der Waals surface area contributed by atoms with Crippen LogP contribution in [-0.4, -0.2) is 32.1 Å². The molecule has 2 aromatic carbocycles. The number of nitriles is 1. The highest BCUT2D eigenvalue weighted by molar-refractivity contribution is 6.30. The molecular formula is C20H22ClN5. The van der Waals surface area contributed by atoms with Crippen molar-refractivity contribution in [3.05, 3.63) is 64.7 Å². The van der Waals surface area contributed by atoms with E-state index in [-0.39, 0.29) is 0 Å². The van der Waals surface area contributed by atoms with E-state index in [9.17, 15) is 0 Å². The molecule has 26 heavy (non-hydrogen) atoms. The molecule has 0 bridgehead atoms. The van der Waals surface area contributed by atoms with Gasteiger partial charge in [0.1, 0.15) is 0 Å². The number of hydrogen-bond acceptors (Lipinski definition) is 3. The Hall–Kier alpha value is -2.71. The van der Waals surface area contributed by atoms with Gasteiger partial charge < -0.3 is 15.5 Å². The van der Waals surface area contributed by atoms with Gasteiger partial charge in [0.2, 0.25) is 0 Å². The monoisotopic (exact) mass is 367 g/mol.